The van der Waals surface area contributed by atoms with Crippen molar-refractivity contribution in [1.82, 2.24) is 40.7 Å². The van der Waals surface area contributed by atoms with Gasteiger partial charge in [0.15, 0.2) is 12.0 Å². The van der Waals surface area contributed by atoms with Gasteiger partial charge >= 0.3 is 6.09 Å². The number of aliphatic hydroxyl groups excluding tert-OH is 2. The zero-order valence-corrected chi connectivity index (χ0v) is 33.0. The Hall–Kier alpha value is -6.45. The number of aliphatic hydroxyl groups is 2. The average molecular weight is 821 g/mol. The van der Waals surface area contributed by atoms with Crippen LogP contribution in [-0.4, -0.2) is 139 Å². The lowest BCUT2D eigenvalue weighted by Gasteiger charge is -2.42. The van der Waals surface area contributed by atoms with Crippen LogP contribution in [0.25, 0.3) is 11.0 Å². The summed E-state index contributed by atoms with van der Waals surface area (Å²) in [5, 5.41) is 35.1. The smallest absolute Gasteiger partial charge is 0.410 e. The number of imide groups is 1. The number of hydrogen-bond acceptors (Lipinski definition) is 14. The quantitative estimate of drug-likeness (QED) is 0.0846. The summed E-state index contributed by atoms with van der Waals surface area (Å²) in [7, 11) is 1.35. The molecule has 21 nitrogen and oxygen atoms in total. The van der Waals surface area contributed by atoms with Crippen molar-refractivity contribution in [3.8, 4) is 0 Å². The summed E-state index contributed by atoms with van der Waals surface area (Å²) >= 11 is 0. The minimum Gasteiger partial charge on any atom is -0.445 e. The van der Waals surface area contributed by atoms with Crippen LogP contribution in [0, 0.1) is 5.92 Å². The monoisotopic (exact) mass is 820 g/mol. The molecule has 0 radical (unpaired) electrons. The molecule has 0 unspecified atom stereocenters. The first-order valence-corrected chi connectivity index (χ1v) is 18.8. The molecule has 7 atom stereocenters. The summed E-state index contributed by atoms with van der Waals surface area (Å²) in [5.41, 5.74) is 2.17. The molecule has 0 spiro atoms. The number of nitrogens with zero attached hydrogens (tertiary/aromatic N) is 4. The maximum Gasteiger partial charge on any atom is 0.410 e. The summed E-state index contributed by atoms with van der Waals surface area (Å²) < 4.78 is 11.2. The normalized spacial score (nSPS) is 21.2. The number of rotatable bonds is 16. The van der Waals surface area contributed by atoms with Gasteiger partial charge in [-0.3, -0.25) is 33.7 Å². The lowest BCUT2D eigenvalue weighted by Crippen LogP contribution is -2.64. The molecule has 2 aliphatic rings. The molecule has 1 fully saturated rings. The number of amides is 7. The average Bonchev–Trinajstić information content (AvgIpc) is 3.81. The highest BCUT2D eigenvalue weighted by atomic mass is 16.6. The van der Waals surface area contributed by atoms with E-state index in [1.54, 1.807) is 57.3 Å². The lowest BCUT2D eigenvalue weighted by molar-refractivity contribution is -0.172. The number of hydrogen-bond donors (Lipinski definition) is 8. The highest BCUT2D eigenvalue weighted by molar-refractivity contribution is 6.13. The molecule has 5 rings (SSSR count). The molecule has 0 bridgehead atoms. The molecule has 7 amide bonds. The van der Waals surface area contributed by atoms with Crippen LogP contribution in [0.3, 0.4) is 0 Å². The topological polar surface area (TPSA) is 287 Å². The molecule has 1 saturated heterocycles. The van der Waals surface area contributed by atoms with Crippen molar-refractivity contribution >= 4 is 64.1 Å². The molecular formula is C38H48N10O11. The Balaban J connectivity index is 1.02. The number of aromatic nitrogens is 3. The van der Waals surface area contributed by atoms with Crippen molar-refractivity contribution in [2.45, 2.75) is 83.4 Å². The number of carbonyl (C=O) groups excluding carboxylic acids is 7. The van der Waals surface area contributed by atoms with E-state index in [9.17, 15) is 43.8 Å². The van der Waals surface area contributed by atoms with Crippen molar-refractivity contribution in [3.63, 3.8) is 0 Å². The summed E-state index contributed by atoms with van der Waals surface area (Å²) in [5.74, 6) is -3.35. The van der Waals surface area contributed by atoms with E-state index in [0.717, 1.165) is 22.0 Å². The molecule has 1 aromatic carbocycles. The van der Waals surface area contributed by atoms with Crippen LogP contribution in [0.5, 0.6) is 0 Å². The Bertz CT molecular complexity index is 2060. The van der Waals surface area contributed by atoms with E-state index >= 15 is 0 Å². The lowest BCUT2D eigenvalue weighted by atomic mass is 9.96. The number of aromatic amines is 1. The third-order valence-corrected chi connectivity index (χ3v) is 9.60. The predicted octanol–water partition coefficient (Wildman–Crippen LogP) is -0.511. The Morgan fingerprint density at radius 2 is 1.64 bits per heavy atom. The first kappa shape index (κ1) is 43.7. The van der Waals surface area contributed by atoms with Crippen LogP contribution < -0.4 is 26.6 Å². The van der Waals surface area contributed by atoms with Crippen LogP contribution in [0.2, 0.25) is 0 Å². The molecule has 3 aromatic rings. The molecule has 0 saturated carbocycles. The summed E-state index contributed by atoms with van der Waals surface area (Å²) in [6.45, 7) is 5.79. The predicted molar refractivity (Wildman–Crippen MR) is 209 cm³/mol. The van der Waals surface area contributed by atoms with Crippen molar-refractivity contribution in [3.05, 3.63) is 60.6 Å². The summed E-state index contributed by atoms with van der Waals surface area (Å²) in [4.78, 5) is 101. The SMILES string of the molecule is CC(C)[C@H](NC(=O)CCN1C(=O)C=CC1=O)C(=O)N[C@@H](C)C(=O)Nc1ccc(COC(=O)N(C)CC(=O)N[C@@H]2[C@@H](O)[C@@H](O)[C@@H](Nc3ncnc4cc[nH]c34)O[C@H]2C)cc1. The molecule has 21 heteroatoms. The van der Waals surface area contributed by atoms with Crippen LogP contribution >= 0.6 is 0 Å². The van der Waals surface area contributed by atoms with Crippen molar-refractivity contribution in [2.24, 2.45) is 5.92 Å². The third-order valence-electron chi connectivity index (χ3n) is 9.60. The second-order valence-corrected chi connectivity index (χ2v) is 14.5. The molecule has 4 heterocycles. The maximum atomic E-state index is 13.0. The highest BCUT2D eigenvalue weighted by Crippen LogP contribution is 2.25. The maximum absolute atomic E-state index is 13.0. The van der Waals surface area contributed by atoms with Gasteiger partial charge in [-0.2, -0.15) is 0 Å². The van der Waals surface area contributed by atoms with Gasteiger partial charge in [0, 0.05) is 44.0 Å². The fourth-order valence-electron chi connectivity index (χ4n) is 6.22. The Morgan fingerprint density at radius 3 is 2.32 bits per heavy atom. The fraction of sp³-hybridized carbons (Fsp3) is 0.447. The molecule has 2 aromatic heterocycles. The minimum atomic E-state index is -1.45. The van der Waals surface area contributed by atoms with Gasteiger partial charge in [0.25, 0.3) is 11.8 Å². The second-order valence-electron chi connectivity index (χ2n) is 14.5. The Morgan fingerprint density at radius 1 is 0.949 bits per heavy atom. The number of ether oxygens (including phenoxy) is 2. The number of likely N-dealkylation sites (N-methyl/N-ethyl adjacent to an activating group) is 1. The number of nitrogens with one attached hydrogen (secondary N) is 6. The minimum absolute atomic E-state index is 0.139. The van der Waals surface area contributed by atoms with Crippen LogP contribution in [0.1, 0.15) is 39.7 Å². The largest absolute Gasteiger partial charge is 0.445 e. The summed E-state index contributed by atoms with van der Waals surface area (Å²) in [6, 6.07) is 5.10. The molecule has 2 aliphatic heterocycles. The zero-order chi connectivity index (χ0) is 43.0. The molecule has 59 heavy (non-hydrogen) atoms. The molecule has 0 aliphatic carbocycles. The van der Waals surface area contributed by atoms with E-state index in [-0.39, 0.29) is 25.5 Å². The van der Waals surface area contributed by atoms with E-state index < -0.39 is 90.7 Å². The zero-order valence-electron chi connectivity index (χ0n) is 33.0. The van der Waals surface area contributed by atoms with Gasteiger partial charge in [0.1, 0.15) is 49.3 Å². The first-order chi connectivity index (χ1) is 28.0. The van der Waals surface area contributed by atoms with E-state index in [4.69, 9.17) is 9.47 Å². The van der Waals surface area contributed by atoms with Crippen LogP contribution in [0.4, 0.5) is 16.3 Å². The third kappa shape index (κ3) is 11.1. The van der Waals surface area contributed by atoms with Crippen molar-refractivity contribution in [2.75, 3.05) is 30.8 Å². The number of benzene rings is 1. The summed E-state index contributed by atoms with van der Waals surface area (Å²) in [6.07, 6.45) is -0.446. The fourth-order valence-corrected chi connectivity index (χ4v) is 6.22. The van der Waals surface area contributed by atoms with Crippen molar-refractivity contribution < 1.29 is 53.2 Å². The van der Waals surface area contributed by atoms with Crippen LogP contribution in [0.15, 0.2) is 55.0 Å². The van der Waals surface area contributed by atoms with Gasteiger partial charge in [-0.25, -0.2) is 14.8 Å². The van der Waals surface area contributed by atoms with Gasteiger partial charge < -0.3 is 56.2 Å². The molecular weight excluding hydrogens is 772 g/mol. The van der Waals surface area contributed by atoms with E-state index in [0.29, 0.717) is 28.1 Å². The number of carbonyl (C=O) groups is 7. The molecule has 8 N–H and O–H groups in total. The van der Waals surface area contributed by atoms with Crippen molar-refractivity contribution in [1.29, 1.82) is 0 Å². The van der Waals surface area contributed by atoms with Gasteiger partial charge in [-0.05, 0) is 43.5 Å². The van der Waals surface area contributed by atoms with Crippen LogP contribution in [-0.2, 0) is 44.8 Å². The number of fused-ring (bicyclic) bond motifs is 1. The highest BCUT2D eigenvalue weighted by Gasteiger charge is 2.44. The standard InChI is InChI=1S/C38H48N10O11/c1-19(2)29(44-25(49)13-15-48-27(51)10-11-28(48)52)36(56)42-20(3)35(55)43-23-8-6-22(7-9-23)17-58-38(57)47(5)16-26(50)45-30-21(4)59-37(33(54)32(30)53)46-34-31-24(12-14-39-31)40-18-41-34/h6-12,14,18-21,29-30,32-33,37,39,53-54H,13,15-17H2,1-5H3,(H,42,56)(H,43,55)(H,44,49)(H,45,50)(H,40,41,46)/t20-,21-,29-,30-,32+,33+,37-/m0/s1. The Kier molecular flexibility index (Phi) is 14.3. The van der Waals surface area contributed by atoms with Gasteiger partial charge in [0.05, 0.1) is 17.7 Å². The van der Waals surface area contributed by atoms with Gasteiger partial charge in [-0.1, -0.05) is 26.0 Å². The number of anilines is 2. The van der Waals surface area contributed by atoms with E-state index in [1.165, 1.54) is 20.3 Å². The van der Waals surface area contributed by atoms with Gasteiger partial charge in [-0.15, -0.1) is 0 Å². The Labute approximate surface area is 338 Å². The second kappa shape index (κ2) is 19.3. The van der Waals surface area contributed by atoms with E-state index in [2.05, 4.69) is 41.5 Å². The van der Waals surface area contributed by atoms with E-state index in [1.807, 2.05) is 0 Å². The number of H-pyrrole nitrogens is 1. The van der Waals surface area contributed by atoms with Gasteiger partial charge in [0.2, 0.25) is 23.6 Å². The first-order valence-electron chi connectivity index (χ1n) is 18.8. The molecule has 316 valence electrons.